The molecule has 0 bridgehead atoms. The predicted molar refractivity (Wildman–Crippen MR) is 215 cm³/mol. The molecule has 0 saturated carbocycles. The van der Waals surface area contributed by atoms with Crippen LogP contribution < -0.4 is 0 Å². The maximum atomic E-state index is 12.9. The van der Waals surface area contributed by atoms with Crippen LogP contribution in [0.4, 0.5) is 0 Å². The Kier molecular flexibility index (Phi) is 28.9. The lowest BCUT2D eigenvalue weighted by Gasteiger charge is -2.42. The SMILES string of the molecule is CCCCCCCC/C=C/CCCCCC(=O)O[C@H](COC(=O)CCCCCCCCCCC)CO[C@@H]1O[C@H](CO[C@@H]2O[C@H](CO)[C@H](O)C(O)C2O)[C@H](O)C(O)C1O. The molecule has 4 unspecified atom stereocenters. The first-order valence-corrected chi connectivity index (χ1v) is 22.3. The van der Waals surface area contributed by atoms with E-state index in [1.807, 2.05) is 0 Å². The highest BCUT2D eigenvalue weighted by Gasteiger charge is 2.47. The highest BCUT2D eigenvalue weighted by Crippen LogP contribution is 2.26. The van der Waals surface area contributed by atoms with Gasteiger partial charge in [0, 0.05) is 12.8 Å². The molecule has 11 atom stereocenters. The number of rotatable bonds is 33. The molecule has 0 aromatic heterocycles. The number of unbranched alkanes of at least 4 members (excludes halogenated alkanes) is 17. The quantitative estimate of drug-likeness (QED) is 0.0278. The lowest BCUT2D eigenvalue weighted by Crippen LogP contribution is -2.61. The van der Waals surface area contributed by atoms with Crippen molar-refractivity contribution in [3.05, 3.63) is 12.2 Å². The summed E-state index contributed by atoms with van der Waals surface area (Å²) in [6.45, 7) is 2.52. The zero-order valence-corrected chi connectivity index (χ0v) is 35.3. The van der Waals surface area contributed by atoms with Gasteiger partial charge in [0.2, 0.25) is 0 Å². The smallest absolute Gasteiger partial charge is 0.306 e. The van der Waals surface area contributed by atoms with E-state index in [-0.39, 0.29) is 26.1 Å². The Bertz CT molecular complexity index is 1080. The van der Waals surface area contributed by atoms with E-state index < -0.39 is 92.7 Å². The van der Waals surface area contributed by atoms with Gasteiger partial charge < -0.3 is 64.2 Å². The summed E-state index contributed by atoms with van der Waals surface area (Å²) < 4.78 is 33.4. The van der Waals surface area contributed by atoms with Gasteiger partial charge in [-0.25, -0.2) is 0 Å². The predicted octanol–water partition coefficient (Wildman–Crippen LogP) is 4.26. The second-order valence-corrected chi connectivity index (χ2v) is 15.9. The molecule has 0 aromatic rings. The third-order valence-electron chi connectivity index (χ3n) is 10.7. The molecule has 2 aliphatic heterocycles. The van der Waals surface area contributed by atoms with Crippen molar-refractivity contribution in [2.24, 2.45) is 0 Å². The van der Waals surface area contributed by atoms with Gasteiger partial charge in [-0.05, 0) is 38.5 Å². The molecule has 2 fully saturated rings. The van der Waals surface area contributed by atoms with Crippen molar-refractivity contribution in [2.45, 2.75) is 223 Å². The Morgan fingerprint density at radius 2 is 0.983 bits per heavy atom. The summed E-state index contributed by atoms with van der Waals surface area (Å²) in [5, 5.41) is 71.7. The molecule has 58 heavy (non-hydrogen) atoms. The lowest BCUT2D eigenvalue weighted by atomic mass is 9.98. The van der Waals surface area contributed by atoms with Gasteiger partial charge in [0.05, 0.1) is 19.8 Å². The minimum absolute atomic E-state index is 0.148. The van der Waals surface area contributed by atoms with Crippen molar-refractivity contribution in [3.63, 3.8) is 0 Å². The number of carbonyl (C=O) groups is 2. The Balaban J connectivity index is 1.88. The molecule has 2 saturated heterocycles. The van der Waals surface area contributed by atoms with Crippen LogP contribution in [0.3, 0.4) is 0 Å². The van der Waals surface area contributed by atoms with Crippen LogP contribution in [0.2, 0.25) is 0 Å². The number of hydrogen-bond donors (Lipinski definition) is 7. The molecule has 0 aromatic carbocycles. The number of aliphatic hydroxyl groups is 7. The van der Waals surface area contributed by atoms with E-state index in [4.69, 9.17) is 28.4 Å². The molecule has 0 aliphatic carbocycles. The van der Waals surface area contributed by atoms with Gasteiger partial charge in [-0.15, -0.1) is 0 Å². The van der Waals surface area contributed by atoms with E-state index >= 15 is 0 Å². The Morgan fingerprint density at radius 3 is 1.53 bits per heavy atom. The lowest BCUT2D eigenvalue weighted by molar-refractivity contribution is -0.332. The summed E-state index contributed by atoms with van der Waals surface area (Å²) in [5.74, 6) is -0.944. The minimum Gasteiger partial charge on any atom is -0.462 e. The maximum Gasteiger partial charge on any atom is 0.306 e. The molecule has 2 heterocycles. The fourth-order valence-corrected chi connectivity index (χ4v) is 6.97. The summed E-state index contributed by atoms with van der Waals surface area (Å²) in [6, 6.07) is 0. The van der Waals surface area contributed by atoms with Gasteiger partial charge in [0.1, 0.15) is 55.4 Å². The standard InChI is InChI=1S/C43H78O15/c1-3-5-7-9-11-13-14-15-16-18-20-22-24-26-35(46)56-31(28-53-34(45)25-23-21-19-17-12-10-8-6-4-2)29-54-42-41(52)39(50)37(48)33(58-42)30-55-43-40(51)38(49)36(47)32(27-44)57-43/h15-16,31-33,36-44,47-52H,3-14,17-30H2,1-2H3/b16-15+/t31-,32-,33-,36+,37+,38?,39?,40?,41?,42-,43-/m1/s1. The first-order valence-electron chi connectivity index (χ1n) is 22.3. The molecule has 15 heteroatoms. The van der Waals surface area contributed by atoms with Crippen LogP contribution in [-0.4, -0.2) is 142 Å². The summed E-state index contributed by atoms with van der Waals surface area (Å²) in [6.07, 6.45) is 9.86. The van der Waals surface area contributed by atoms with Crippen LogP contribution in [0.1, 0.15) is 155 Å². The van der Waals surface area contributed by atoms with Gasteiger partial charge >= 0.3 is 11.9 Å². The number of allylic oxidation sites excluding steroid dienone is 2. The average molecular weight is 835 g/mol. The molecule has 7 N–H and O–H groups in total. The Morgan fingerprint density at radius 1 is 0.534 bits per heavy atom. The van der Waals surface area contributed by atoms with Crippen molar-refractivity contribution in [2.75, 3.05) is 26.4 Å². The summed E-state index contributed by atoms with van der Waals surface area (Å²) >= 11 is 0. The monoisotopic (exact) mass is 835 g/mol. The van der Waals surface area contributed by atoms with Crippen LogP contribution in [0, 0.1) is 0 Å². The molecule has 15 nitrogen and oxygen atoms in total. The first kappa shape index (κ1) is 52.4. The normalized spacial score (nSPS) is 28.2. The molecular weight excluding hydrogens is 756 g/mol. The number of aliphatic hydroxyl groups excluding tert-OH is 7. The third kappa shape index (κ3) is 21.2. The fourth-order valence-electron chi connectivity index (χ4n) is 6.97. The largest absolute Gasteiger partial charge is 0.462 e. The molecule has 340 valence electrons. The second kappa shape index (κ2) is 32.0. The number of esters is 2. The molecule has 2 rings (SSSR count). The number of hydrogen-bond acceptors (Lipinski definition) is 15. The van der Waals surface area contributed by atoms with Crippen LogP contribution in [0.5, 0.6) is 0 Å². The van der Waals surface area contributed by atoms with Crippen molar-refractivity contribution in [1.82, 2.24) is 0 Å². The second-order valence-electron chi connectivity index (χ2n) is 15.9. The van der Waals surface area contributed by atoms with Crippen LogP contribution in [0.25, 0.3) is 0 Å². The van der Waals surface area contributed by atoms with Crippen molar-refractivity contribution >= 4 is 11.9 Å². The Hall–Kier alpha value is -1.76. The average Bonchev–Trinajstić information content (AvgIpc) is 3.21. The summed E-state index contributed by atoms with van der Waals surface area (Å²) in [5.41, 5.74) is 0. The van der Waals surface area contributed by atoms with Crippen LogP contribution in [-0.2, 0) is 38.0 Å². The molecule has 2 aliphatic rings. The van der Waals surface area contributed by atoms with Crippen LogP contribution >= 0.6 is 0 Å². The third-order valence-corrected chi connectivity index (χ3v) is 10.7. The van der Waals surface area contributed by atoms with Crippen molar-refractivity contribution in [1.29, 1.82) is 0 Å². The minimum atomic E-state index is -1.76. The number of carbonyl (C=O) groups excluding carboxylic acids is 2. The molecular formula is C43H78O15. The molecule has 0 spiro atoms. The highest BCUT2D eigenvalue weighted by molar-refractivity contribution is 5.70. The fraction of sp³-hybridized carbons (Fsp3) is 0.907. The highest BCUT2D eigenvalue weighted by atomic mass is 16.7. The zero-order valence-electron chi connectivity index (χ0n) is 35.3. The van der Waals surface area contributed by atoms with Crippen molar-refractivity contribution < 1.29 is 73.8 Å². The summed E-state index contributed by atoms with van der Waals surface area (Å²) in [4.78, 5) is 25.5. The van der Waals surface area contributed by atoms with E-state index in [1.54, 1.807) is 0 Å². The first-order chi connectivity index (χ1) is 28.0. The van der Waals surface area contributed by atoms with E-state index in [1.165, 1.54) is 70.6 Å². The van der Waals surface area contributed by atoms with Crippen LogP contribution in [0.15, 0.2) is 12.2 Å². The van der Waals surface area contributed by atoms with E-state index in [2.05, 4.69) is 26.0 Å². The molecule has 0 amide bonds. The van der Waals surface area contributed by atoms with Gasteiger partial charge in [-0.1, -0.05) is 116 Å². The van der Waals surface area contributed by atoms with E-state index in [9.17, 15) is 45.3 Å². The zero-order chi connectivity index (χ0) is 42.5. The van der Waals surface area contributed by atoms with Gasteiger partial charge in [-0.3, -0.25) is 9.59 Å². The van der Waals surface area contributed by atoms with Gasteiger partial charge in [-0.2, -0.15) is 0 Å². The maximum absolute atomic E-state index is 12.9. The molecule has 0 radical (unpaired) electrons. The van der Waals surface area contributed by atoms with Crippen molar-refractivity contribution in [3.8, 4) is 0 Å². The van der Waals surface area contributed by atoms with Gasteiger partial charge in [0.15, 0.2) is 18.7 Å². The van der Waals surface area contributed by atoms with E-state index in [0.717, 1.165) is 44.9 Å². The summed E-state index contributed by atoms with van der Waals surface area (Å²) in [7, 11) is 0. The topological polar surface area (TPSA) is 231 Å². The Labute approximate surface area is 346 Å². The van der Waals surface area contributed by atoms with Gasteiger partial charge in [0.25, 0.3) is 0 Å². The number of ether oxygens (including phenoxy) is 6. The van der Waals surface area contributed by atoms with E-state index in [0.29, 0.717) is 12.8 Å².